The van der Waals surface area contributed by atoms with Gasteiger partial charge in [0.15, 0.2) is 5.82 Å². The van der Waals surface area contributed by atoms with Crippen molar-refractivity contribution in [3.63, 3.8) is 0 Å². The summed E-state index contributed by atoms with van der Waals surface area (Å²) in [5.41, 5.74) is 2.02. The van der Waals surface area contributed by atoms with E-state index in [-0.39, 0.29) is 12.1 Å². The van der Waals surface area contributed by atoms with Crippen LogP contribution in [0.4, 0.5) is 4.79 Å². The Hall–Kier alpha value is -3.23. The summed E-state index contributed by atoms with van der Waals surface area (Å²) in [6.45, 7) is 8.24. The second-order valence-corrected chi connectivity index (χ2v) is 7.10. The van der Waals surface area contributed by atoms with E-state index in [9.17, 15) is 4.79 Å². The van der Waals surface area contributed by atoms with Gasteiger partial charge in [-0.15, -0.1) is 10.2 Å². The van der Waals surface area contributed by atoms with Gasteiger partial charge in [-0.1, -0.05) is 35.0 Å². The summed E-state index contributed by atoms with van der Waals surface area (Å²) >= 11 is 0. The van der Waals surface area contributed by atoms with E-state index in [0.29, 0.717) is 18.3 Å². The third-order valence-electron chi connectivity index (χ3n) is 4.39. The lowest BCUT2D eigenvalue weighted by molar-refractivity contribution is 0.198. The van der Waals surface area contributed by atoms with E-state index in [1.54, 1.807) is 20.3 Å². The zero-order valence-corrected chi connectivity index (χ0v) is 16.7. The number of aromatic nitrogens is 5. The molecule has 0 saturated heterocycles. The molecule has 0 bridgehead atoms. The lowest BCUT2D eigenvalue weighted by Crippen LogP contribution is -2.38. The molecule has 1 aromatic carbocycles. The van der Waals surface area contributed by atoms with Gasteiger partial charge < -0.3 is 19.3 Å². The van der Waals surface area contributed by atoms with Gasteiger partial charge in [0.2, 0.25) is 11.7 Å². The van der Waals surface area contributed by atoms with E-state index < -0.39 is 6.04 Å². The molecule has 9 heteroatoms. The molecule has 0 aliphatic heterocycles. The summed E-state index contributed by atoms with van der Waals surface area (Å²) in [6.07, 6.45) is 1.67. The van der Waals surface area contributed by atoms with Crippen LogP contribution in [0, 0.1) is 6.92 Å². The molecule has 1 N–H and O–H groups in total. The van der Waals surface area contributed by atoms with Crippen LogP contribution in [0.15, 0.2) is 35.1 Å². The fourth-order valence-electron chi connectivity index (χ4n) is 2.68. The lowest BCUT2D eigenvalue weighted by atomic mass is 10.1. The summed E-state index contributed by atoms with van der Waals surface area (Å²) in [5.74, 6) is 1.57. The molecular weight excluding hydrogens is 358 g/mol. The number of aryl methyl sites for hydroxylation is 1. The van der Waals surface area contributed by atoms with Crippen LogP contribution in [0.3, 0.4) is 0 Å². The Morgan fingerprint density at radius 3 is 2.64 bits per heavy atom. The highest BCUT2D eigenvalue weighted by Crippen LogP contribution is 2.19. The van der Waals surface area contributed by atoms with Crippen LogP contribution in [0.25, 0.3) is 11.4 Å². The molecule has 0 fully saturated rings. The topological polar surface area (TPSA) is 102 Å². The Morgan fingerprint density at radius 1 is 1.25 bits per heavy atom. The average Bonchev–Trinajstić information content (AvgIpc) is 3.31. The van der Waals surface area contributed by atoms with Gasteiger partial charge in [0, 0.05) is 18.7 Å². The quantitative estimate of drug-likeness (QED) is 0.702. The van der Waals surface area contributed by atoms with E-state index in [0.717, 1.165) is 17.0 Å². The van der Waals surface area contributed by atoms with Crippen LogP contribution in [-0.4, -0.2) is 42.9 Å². The summed E-state index contributed by atoms with van der Waals surface area (Å²) in [4.78, 5) is 18.5. The van der Waals surface area contributed by atoms with Gasteiger partial charge in [-0.25, -0.2) is 4.79 Å². The van der Waals surface area contributed by atoms with Gasteiger partial charge in [0.05, 0.1) is 6.54 Å². The van der Waals surface area contributed by atoms with Crippen molar-refractivity contribution < 1.29 is 9.32 Å². The van der Waals surface area contributed by atoms with Gasteiger partial charge in [-0.05, 0) is 27.7 Å². The maximum absolute atomic E-state index is 12.5. The maximum atomic E-state index is 12.5. The predicted molar refractivity (Wildman–Crippen MR) is 103 cm³/mol. The van der Waals surface area contributed by atoms with E-state index in [4.69, 9.17) is 4.52 Å². The van der Waals surface area contributed by atoms with Crippen molar-refractivity contribution in [3.05, 3.63) is 47.9 Å². The minimum atomic E-state index is -0.426. The number of rotatable bonds is 6. The Labute approximate surface area is 163 Å². The van der Waals surface area contributed by atoms with Crippen LogP contribution in [0.1, 0.15) is 50.1 Å². The zero-order valence-electron chi connectivity index (χ0n) is 16.7. The summed E-state index contributed by atoms with van der Waals surface area (Å²) < 4.78 is 7.26. The van der Waals surface area contributed by atoms with E-state index in [1.165, 1.54) is 4.90 Å². The van der Waals surface area contributed by atoms with E-state index >= 15 is 0 Å². The molecule has 3 aromatic rings. The highest BCUT2D eigenvalue weighted by Gasteiger charge is 2.20. The first-order valence-corrected chi connectivity index (χ1v) is 9.15. The minimum absolute atomic E-state index is 0.221. The van der Waals surface area contributed by atoms with Gasteiger partial charge >= 0.3 is 6.03 Å². The Bertz CT molecular complexity index is 930. The Morgan fingerprint density at radius 2 is 1.96 bits per heavy atom. The molecule has 0 aliphatic carbocycles. The molecule has 3 rings (SSSR count). The third kappa shape index (κ3) is 4.36. The first kappa shape index (κ1) is 19.5. The first-order chi connectivity index (χ1) is 13.3. The molecule has 0 spiro atoms. The Balaban J connectivity index is 1.62. The standard InChI is InChI=1S/C19H25N7O2/c1-12(2)26-11-20-23-16(26)10-25(5)19(27)21-14(4)18-22-17(24-28-18)15-8-6-13(3)7-9-15/h6-9,11-12,14H,10H2,1-5H3,(H,21,27)/t14-/m1/s1. The first-order valence-electron chi connectivity index (χ1n) is 9.15. The van der Waals surface area contributed by atoms with Gasteiger partial charge in [-0.3, -0.25) is 0 Å². The molecule has 1 atom stereocenters. The number of nitrogens with zero attached hydrogens (tertiary/aromatic N) is 6. The summed E-state index contributed by atoms with van der Waals surface area (Å²) in [7, 11) is 1.70. The number of hydrogen-bond acceptors (Lipinski definition) is 6. The fraction of sp³-hybridized carbons (Fsp3) is 0.421. The van der Waals surface area contributed by atoms with Crippen LogP contribution in [0.2, 0.25) is 0 Å². The van der Waals surface area contributed by atoms with Crippen molar-refractivity contribution >= 4 is 6.03 Å². The van der Waals surface area contributed by atoms with Gasteiger partial charge in [0.25, 0.3) is 0 Å². The van der Waals surface area contributed by atoms with Crippen molar-refractivity contribution in [2.24, 2.45) is 0 Å². The monoisotopic (exact) mass is 383 g/mol. The number of benzene rings is 1. The van der Waals surface area contributed by atoms with Crippen molar-refractivity contribution in [1.82, 2.24) is 35.1 Å². The predicted octanol–water partition coefficient (Wildman–Crippen LogP) is 3.12. The van der Waals surface area contributed by atoms with Crippen LogP contribution >= 0.6 is 0 Å². The smallest absolute Gasteiger partial charge is 0.318 e. The third-order valence-corrected chi connectivity index (χ3v) is 4.39. The largest absolute Gasteiger partial charge is 0.337 e. The molecule has 0 radical (unpaired) electrons. The van der Waals surface area contributed by atoms with E-state index in [1.807, 2.05) is 49.6 Å². The molecule has 9 nitrogen and oxygen atoms in total. The molecule has 0 aliphatic rings. The molecule has 148 valence electrons. The summed E-state index contributed by atoms with van der Waals surface area (Å²) in [5, 5.41) is 14.9. The number of hydrogen-bond donors (Lipinski definition) is 1. The molecular formula is C19H25N7O2. The minimum Gasteiger partial charge on any atom is -0.337 e. The number of amides is 2. The SMILES string of the molecule is Cc1ccc(-c2noc([C@@H](C)NC(=O)N(C)Cc3nncn3C(C)C)n2)cc1. The number of nitrogens with one attached hydrogen (secondary N) is 1. The van der Waals surface area contributed by atoms with Crippen molar-refractivity contribution in [1.29, 1.82) is 0 Å². The van der Waals surface area contributed by atoms with Crippen molar-refractivity contribution in [3.8, 4) is 11.4 Å². The Kier molecular flexibility index (Phi) is 5.72. The summed E-state index contributed by atoms with van der Waals surface area (Å²) in [6, 6.07) is 7.38. The number of carbonyl (C=O) groups excluding carboxylic acids is 1. The highest BCUT2D eigenvalue weighted by atomic mass is 16.5. The molecule has 2 amide bonds. The average molecular weight is 383 g/mol. The van der Waals surface area contributed by atoms with Crippen molar-refractivity contribution in [2.75, 3.05) is 7.05 Å². The molecule has 28 heavy (non-hydrogen) atoms. The molecule has 0 unspecified atom stereocenters. The van der Waals surface area contributed by atoms with E-state index in [2.05, 4.69) is 25.7 Å². The second-order valence-electron chi connectivity index (χ2n) is 7.10. The molecule has 2 heterocycles. The number of carbonyl (C=O) groups is 1. The zero-order chi connectivity index (χ0) is 20.3. The van der Waals surface area contributed by atoms with Gasteiger partial charge in [-0.2, -0.15) is 4.98 Å². The molecule has 2 aromatic heterocycles. The lowest BCUT2D eigenvalue weighted by Gasteiger charge is -2.20. The highest BCUT2D eigenvalue weighted by molar-refractivity contribution is 5.74. The number of urea groups is 1. The van der Waals surface area contributed by atoms with Crippen molar-refractivity contribution in [2.45, 2.75) is 46.3 Å². The molecule has 0 saturated carbocycles. The normalized spacial score (nSPS) is 12.2. The van der Waals surface area contributed by atoms with Crippen LogP contribution < -0.4 is 5.32 Å². The fourth-order valence-corrected chi connectivity index (χ4v) is 2.68. The maximum Gasteiger partial charge on any atom is 0.318 e. The van der Waals surface area contributed by atoms with Crippen LogP contribution in [-0.2, 0) is 6.54 Å². The van der Waals surface area contributed by atoms with Gasteiger partial charge in [0.1, 0.15) is 12.4 Å². The van der Waals surface area contributed by atoms with Crippen LogP contribution in [0.5, 0.6) is 0 Å². The second kappa shape index (κ2) is 8.20.